The van der Waals surface area contributed by atoms with Gasteiger partial charge < -0.3 is 5.32 Å². The van der Waals surface area contributed by atoms with Crippen LogP contribution >= 0.6 is 0 Å². The van der Waals surface area contributed by atoms with Crippen molar-refractivity contribution >= 4 is 16.8 Å². The summed E-state index contributed by atoms with van der Waals surface area (Å²) in [7, 11) is 0. The van der Waals surface area contributed by atoms with E-state index in [1.807, 2.05) is 24.3 Å². The molecule has 4 heteroatoms. The smallest absolute Gasteiger partial charge is 0.272 e. The minimum absolute atomic E-state index is 0.0266. The van der Waals surface area contributed by atoms with Gasteiger partial charge in [0.05, 0.1) is 5.52 Å². The lowest BCUT2D eigenvalue weighted by Gasteiger charge is -2.16. The molecular weight excluding hydrogens is 238 g/mol. The molecular formula is C15H17N3O. The number of fused-ring (bicyclic) bond motifs is 1. The molecule has 0 saturated heterocycles. The van der Waals surface area contributed by atoms with E-state index in [4.69, 9.17) is 0 Å². The Kier molecular flexibility index (Phi) is 2.37. The van der Waals surface area contributed by atoms with E-state index in [9.17, 15) is 4.79 Å². The van der Waals surface area contributed by atoms with Gasteiger partial charge in [0.2, 0.25) is 0 Å². The van der Waals surface area contributed by atoms with Crippen LogP contribution < -0.4 is 5.32 Å². The lowest BCUT2D eigenvalue weighted by Crippen LogP contribution is -2.38. The van der Waals surface area contributed by atoms with Crippen molar-refractivity contribution in [1.29, 1.82) is 0 Å². The Morgan fingerprint density at radius 2 is 1.89 bits per heavy atom. The molecule has 1 amide bonds. The van der Waals surface area contributed by atoms with E-state index in [-0.39, 0.29) is 5.91 Å². The first-order chi connectivity index (χ1) is 9.33. The summed E-state index contributed by atoms with van der Waals surface area (Å²) in [6.07, 6.45) is 5.07. The number of hydrogen-bond acceptors (Lipinski definition) is 2. The van der Waals surface area contributed by atoms with Crippen molar-refractivity contribution in [2.24, 2.45) is 11.8 Å². The summed E-state index contributed by atoms with van der Waals surface area (Å²) < 4.78 is 0. The van der Waals surface area contributed by atoms with Crippen molar-refractivity contribution in [2.45, 2.75) is 31.7 Å². The monoisotopic (exact) mass is 255 g/mol. The Hall–Kier alpha value is -1.84. The van der Waals surface area contributed by atoms with Gasteiger partial charge in [-0.3, -0.25) is 9.89 Å². The number of carbonyl (C=O) groups is 1. The number of rotatable bonds is 4. The third kappa shape index (κ3) is 2.01. The van der Waals surface area contributed by atoms with Crippen molar-refractivity contribution in [1.82, 2.24) is 15.5 Å². The molecule has 2 aliphatic carbocycles. The predicted molar refractivity (Wildman–Crippen MR) is 72.8 cm³/mol. The molecule has 19 heavy (non-hydrogen) atoms. The summed E-state index contributed by atoms with van der Waals surface area (Å²) in [4.78, 5) is 12.4. The van der Waals surface area contributed by atoms with Crippen molar-refractivity contribution in [3.05, 3.63) is 30.0 Å². The van der Waals surface area contributed by atoms with Crippen LogP contribution in [0.5, 0.6) is 0 Å². The summed E-state index contributed by atoms with van der Waals surface area (Å²) in [6, 6.07) is 8.14. The molecule has 0 atom stereocenters. The van der Waals surface area contributed by atoms with Crippen molar-refractivity contribution in [3.8, 4) is 0 Å². The Balaban J connectivity index is 1.59. The zero-order chi connectivity index (χ0) is 12.8. The van der Waals surface area contributed by atoms with Crippen LogP contribution in [0, 0.1) is 11.8 Å². The van der Waals surface area contributed by atoms with Gasteiger partial charge in [-0.25, -0.2) is 0 Å². The molecule has 0 radical (unpaired) electrons. The maximum Gasteiger partial charge on any atom is 0.272 e. The highest BCUT2D eigenvalue weighted by Crippen LogP contribution is 2.44. The predicted octanol–water partition coefficient (Wildman–Crippen LogP) is 2.48. The minimum Gasteiger partial charge on any atom is -0.347 e. The summed E-state index contributed by atoms with van der Waals surface area (Å²) in [5, 5.41) is 11.2. The van der Waals surface area contributed by atoms with Gasteiger partial charge in [-0.1, -0.05) is 18.2 Å². The van der Waals surface area contributed by atoms with Crippen LogP contribution in [0.2, 0.25) is 0 Å². The fourth-order valence-corrected chi connectivity index (χ4v) is 2.89. The van der Waals surface area contributed by atoms with Crippen LogP contribution in [-0.4, -0.2) is 22.1 Å². The highest BCUT2D eigenvalue weighted by Gasteiger charge is 2.42. The molecule has 2 saturated carbocycles. The number of H-pyrrole nitrogens is 1. The molecule has 1 aromatic heterocycles. The van der Waals surface area contributed by atoms with Crippen LogP contribution in [0.3, 0.4) is 0 Å². The standard InChI is InChI=1S/C15H17N3O/c19-15(16-13(9-5-6-9)10-7-8-10)14-11-3-1-2-4-12(11)17-18-14/h1-4,9-10,13H,5-8H2,(H,16,19)(H,17,18). The topological polar surface area (TPSA) is 57.8 Å². The number of carbonyl (C=O) groups excluding carboxylic acids is 1. The normalized spacial score (nSPS) is 19.0. The van der Waals surface area contributed by atoms with Gasteiger partial charge in [-0.05, 0) is 43.6 Å². The maximum atomic E-state index is 12.4. The Labute approximate surface area is 111 Å². The molecule has 0 unspecified atom stereocenters. The zero-order valence-corrected chi connectivity index (χ0v) is 10.7. The summed E-state index contributed by atoms with van der Waals surface area (Å²) in [5.41, 5.74) is 1.45. The molecule has 2 aliphatic rings. The molecule has 0 aliphatic heterocycles. The van der Waals surface area contributed by atoms with Gasteiger partial charge >= 0.3 is 0 Å². The van der Waals surface area contributed by atoms with E-state index in [2.05, 4.69) is 15.5 Å². The van der Waals surface area contributed by atoms with E-state index in [1.165, 1.54) is 25.7 Å². The number of para-hydroxylation sites is 1. The van der Waals surface area contributed by atoms with Crippen LogP contribution in [-0.2, 0) is 0 Å². The van der Waals surface area contributed by atoms with E-state index in [1.54, 1.807) is 0 Å². The third-order valence-corrected chi connectivity index (χ3v) is 4.24. The number of benzene rings is 1. The molecule has 0 spiro atoms. The second kappa shape index (κ2) is 4.08. The molecule has 4 rings (SSSR count). The number of nitrogens with zero attached hydrogens (tertiary/aromatic N) is 1. The van der Waals surface area contributed by atoms with Gasteiger partial charge in [0, 0.05) is 11.4 Å². The third-order valence-electron chi connectivity index (χ3n) is 4.24. The lowest BCUT2D eigenvalue weighted by molar-refractivity contribution is 0.0923. The summed E-state index contributed by atoms with van der Waals surface area (Å²) in [6.45, 7) is 0. The fraction of sp³-hybridized carbons (Fsp3) is 0.467. The van der Waals surface area contributed by atoms with E-state index in [0.29, 0.717) is 23.6 Å². The van der Waals surface area contributed by atoms with Gasteiger partial charge in [0.25, 0.3) is 5.91 Å². The van der Waals surface area contributed by atoms with Gasteiger partial charge in [-0.2, -0.15) is 5.10 Å². The number of amides is 1. The quantitative estimate of drug-likeness (QED) is 0.881. The van der Waals surface area contributed by atoms with Crippen molar-refractivity contribution in [3.63, 3.8) is 0 Å². The first kappa shape index (κ1) is 11.0. The molecule has 4 nitrogen and oxygen atoms in total. The summed E-state index contributed by atoms with van der Waals surface area (Å²) >= 11 is 0. The zero-order valence-electron chi connectivity index (χ0n) is 10.7. The Bertz CT molecular complexity index is 613. The summed E-state index contributed by atoms with van der Waals surface area (Å²) in [5.74, 6) is 1.39. The minimum atomic E-state index is -0.0266. The Morgan fingerprint density at radius 3 is 2.58 bits per heavy atom. The van der Waals surface area contributed by atoms with Crippen molar-refractivity contribution < 1.29 is 4.79 Å². The van der Waals surface area contributed by atoms with Crippen molar-refractivity contribution in [2.75, 3.05) is 0 Å². The fourth-order valence-electron chi connectivity index (χ4n) is 2.89. The van der Waals surface area contributed by atoms with Gasteiger partial charge in [0.15, 0.2) is 5.69 Å². The highest BCUT2D eigenvalue weighted by molar-refractivity contribution is 6.04. The Morgan fingerprint density at radius 1 is 1.21 bits per heavy atom. The maximum absolute atomic E-state index is 12.4. The molecule has 1 heterocycles. The molecule has 2 aromatic rings. The average Bonchev–Trinajstić information content (AvgIpc) is 3.32. The molecule has 98 valence electrons. The van der Waals surface area contributed by atoms with E-state index < -0.39 is 0 Å². The number of nitrogens with one attached hydrogen (secondary N) is 2. The van der Waals surface area contributed by atoms with Crippen LogP contribution in [0.4, 0.5) is 0 Å². The first-order valence-electron chi connectivity index (χ1n) is 7.07. The molecule has 2 N–H and O–H groups in total. The molecule has 0 bridgehead atoms. The van der Waals surface area contributed by atoms with E-state index >= 15 is 0 Å². The average molecular weight is 255 g/mol. The van der Waals surface area contributed by atoms with Gasteiger partial charge in [0.1, 0.15) is 0 Å². The van der Waals surface area contributed by atoms with Crippen LogP contribution in [0.15, 0.2) is 24.3 Å². The molecule has 2 fully saturated rings. The number of aromatic nitrogens is 2. The van der Waals surface area contributed by atoms with Crippen LogP contribution in [0.1, 0.15) is 36.2 Å². The molecule has 1 aromatic carbocycles. The largest absolute Gasteiger partial charge is 0.347 e. The van der Waals surface area contributed by atoms with E-state index in [0.717, 1.165) is 10.9 Å². The number of aromatic amines is 1. The van der Waals surface area contributed by atoms with Crippen LogP contribution in [0.25, 0.3) is 10.9 Å². The SMILES string of the molecule is O=C(NC(C1CC1)C1CC1)c1n[nH]c2ccccc12. The van der Waals surface area contributed by atoms with Gasteiger partial charge in [-0.15, -0.1) is 0 Å². The second-order valence-electron chi connectivity index (χ2n) is 5.79. The highest BCUT2D eigenvalue weighted by atomic mass is 16.2. The lowest BCUT2D eigenvalue weighted by atomic mass is 10.1. The second-order valence-corrected chi connectivity index (χ2v) is 5.79. The first-order valence-corrected chi connectivity index (χ1v) is 7.07. The number of hydrogen-bond donors (Lipinski definition) is 2.